The fourth-order valence-corrected chi connectivity index (χ4v) is 1.99. The zero-order chi connectivity index (χ0) is 11.8. The molecule has 0 radical (unpaired) electrons. The first-order valence-electron chi connectivity index (χ1n) is 5.09. The number of nitrogens with zero attached hydrogens (tertiary/aromatic N) is 1. The number of halogens is 1. The molecular formula is C13H8ClNO2. The van der Waals surface area contributed by atoms with E-state index in [1.807, 2.05) is 18.2 Å². The molecule has 1 aromatic heterocycles. The van der Waals surface area contributed by atoms with Crippen molar-refractivity contribution in [1.29, 1.82) is 0 Å². The molecule has 0 atom stereocenters. The van der Waals surface area contributed by atoms with Gasteiger partial charge < -0.3 is 9.63 Å². The van der Waals surface area contributed by atoms with Gasteiger partial charge in [-0.15, -0.1) is 0 Å². The summed E-state index contributed by atoms with van der Waals surface area (Å²) in [5, 5.41) is 14.8. The van der Waals surface area contributed by atoms with E-state index < -0.39 is 0 Å². The van der Waals surface area contributed by atoms with E-state index in [9.17, 15) is 5.11 Å². The molecular weight excluding hydrogens is 238 g/mol. The molecule has 0 fully saturated rings. The van der Waals surface area contributed by atoms with Crippen LogP contribution in [0.3, 0.4) is 0 Å². The summed E-state index contributed by atoms with van der Waals surface area (Å²) in [4.78, 5) is 0. The van der Waals surface area contributed by atoms with Crippen LogP contribution in [-0.4, -0.2) is 10.3 Å². The largest absolute Gasteiger partial charge is 0.508 e. The monoisotopic (exact) mass is 245 g/mol. The number of phenolic OH excluding ortho intramolecular Hbond substituents is 1. The summed E-state index contributed by atoms with van der Waals surface area (Å²) >= 11 is 6.11. The Bertz CT molecular complexity index is 691. The minimum absolute atomic E-state index is 0.175. The molecule has 0 saturated heterocycles. The average molecular weight is 246 g/mol. The van der Waals surface area contributed by atoms with Gasteiger partial charge in [0.05, 0.1) is 10.4 Å². The Kier molecular flexibility index (Phi) is 2.27. The molecule has 1 heterocycles. The third-order valence-corrected chi connectivity index (χ3v) is 2.91. The lowest BCUT2D eigenvalue weighted by Gasteiger charge is -1.99. The van der Waals surface area contributed by atoms with E-state index in [0.717, 1.165) is 10.9 Å². The van der Waals surface area contributed by atoms with Crippen LogP contribution in [0.5, 0.6) is 5.75 Å². The van der Waals surface area contributed by atoms with Gasteiger partial charge in [0.15, 0.2) is 5.76 Å². The molecule has 3 nitrogen and oxygen atoms in total. The van der Waals surface area contributed by atoms with Crippen LogP contribution in [0.1, 0.15) is 0 Å². The first-order chi connectivity index (χ1) is 8.25. The lowest BCUT2D eigenvalue weighted by atomic mass is 10.1. The SMILES string of the molecule is Oc1ccc2noc(-c3ccccc3Cl)c2c1. The van der Waals surface area contributed by atoms with Crippen LogP contribution >= 0.6 is 11.6 Å². The molecule has 3 aromatic rings. The lowest BCUT2D eigenvalue weighted by molar-refractivity contribution is 0.441. The third kappa shape index (κ3) is 1.65. The molecule has 0 aliphatic heterocycles. The van der Waals surface area contributed by atoms with Crippen LogP contribution in [0, 0.1) is 0 Å². The molecule has 0 saturated carbocycles. The number of benzene rings is 2. The first-order valence-corrected chi connectivity index (χ1v) is 5.47. The minimum atomic E-state index is 0.175. The highest BCUT2D eigenvalue weighted by Gasteiger charge is 2.13. The second-order valence-corrected chi connectivity index (χ2v) is 4.10. The molecule has 0 spiro atoms. The topological polar surface area (TPSA) is 46.3 Å². The zero-order valence-corrected chi connectivity index (χ0v) is 9.48. The summed E-state index contributed by atoms with van der Waals surface area (Å²) in [5.74, 6) is 0.746. The molecule has 0 aliphatic carbocycles. The van der Waals surface area contributed by atoms with Crippen LogP contribution in [0.2, 0.25) is 5.02 Å². The number of aromatic hydroxyl groups is 1. The highest BCUT2D eigenvalue weighted by Crippen LogP contribution is 2.34. The Morgan fingerprint density at radius 2 is 1.94 bits per heavy atom. The molecule has 0 amide bonds. The van der Waals surface area contributed by atoms with Gasteiger partial charge in [-0.2, -0.15) is 0 Å². The highest BCUT2D eigenvalue weighted by molar-refractivity contribution is 6.33. The summed E-state index contributed by atoms with van der Waals surface area (Å²) in [5.41, 5.74) is 1.46. The fourth-order valence-electron chi connectivity index (χ4n) is 1.77. The van der Waals surface area contributed by atoms with Crippen LogP contribution in [0.4, 0.5) is 0 Å². The number of rotatable bonds is 1. The van der Waals surface area contributed by atoms with E-state index in [-0.39, 0.29) is 5.75 Å². The molecule has 2 aromatic carbocycles. The molecule has 0 unspecified atom stereocenters. The summed E-state index contributed by atoms with van der Waals surface area (Å²) in [7, 11) is 0. The minimum Gasteiger partial charge on any atom is -0.508 e. The lowest BCUT2D eigenvalue weighted by Crippen LogP contribution is -1.76. The van der Waals surface area contributed by atoms with E-state index in [1.54, 1.807) is 24.3 Å². The van der Waals surface area contributed by atoms with Crippen molar-refractivity contribution in [2.24, 2.45) is 0 Å². The Labute approximate surface area is 102 Å². The van der Waals surface area contributed by atoms with Gasteiger partial charge in [0.1, 0.15) is 11.3 Å². The second-order valence-electron chi connectivity index (χ2n) is 3.69. The van der Waals surface area contributed by atoms with Crippen LogP contribution in [0.15, 0.2) is 47.0 Å². The van der Waals surface area contributed by atoms with Gasteiger partial charge >= 0.3 is 0 Å². The summed E-state index contributed by atoms with van der Waals surface area (Å²) in [6.45, 7) is 0. The van der Waals surface area contributed by atoms with E-state index >= 15 is 0 Å². The van der Waals surface area contributed by atoms with E-state index in [4.69, 9.17) is 16.1 Å². The van der Waals surface area contributed by atoms with Gasteiger partial charge in [0.25, 0.3) is 0 Å². The standard InChI is InChI=1S/C13H8ClNO2/c14-11-4-2-1-3-9(11)13-10-7-8(16)5-6-12(10)15-17-13/h1-7,16H. The first kappa shape index (κ1) is 10.2. The van der Waals surface area contributed by atoms with Crippen molar-refractivity contribution in [3.63, 3.8) is 0 Å². The van der Waals surface area contributed by atoms with Crippen molar-refractivity contribution in [2.75, 3.05) is 0 Å². The smallest absolute Gasteiger partial charge is 0.176 e. The third-order valence-electron chi connectivity index (χ3n) is 2.58. The van der Waals surface area contributed by atoms with Crippen LogP contribution in [-0.2, 0) is 0 Å². The maximum Gasteiger partial charge on any atom is 0.176 e. The van der Waals surface area contributed by atoms with Crippen molar-refractivity contribution < 1.29 is 9.63 Å². The highest BCUT2D eigenvalue weighted by atomic mass is 35.5. The van der Waals surface area contributed by atoms with E-state index in [2.05, 4.69) is 5.16 Å². The van der Waals surface area contributed by atoms with Gasteiger partial charge in [0, 0.05) is 5.56 Å². The fraction of sp³-hybridized carbons (Fsp3) is 0. The van der Waals surface area contributed by atoms with Crippen molar-refractivity contribution >= 4 is 22.5 Å². The number of phenols is 1. The Morgan fingerprint density at radius 3 is 2.76 bits per heavy atom. The van der Waals surface area contributed by atoms with Crippen molar-refractivity contribution in [3.8, 4) is 17.1 Å². The normalized spacial score (nSPS) is 10.9. The van der Waals surface area contributed by atoms with Gasteiger partial charge in [-0.3, -0.25) is 0 Å². The Balaban J connectivity index is 2.31. The number of aromatic nitrogens is 1. The van der Waals surface area contributed by atoms with E-state index in [0.29, 0.717) is 16.3 Å². The quantitative estimate of drug-likeness (QED) is 0.708. The molecule has 0 bridgehead atoms. The summed E-state index contributed by atoms with van der Waals surface area (Å²) in [6.07, 6.45) is 0. The predicted octanol–water partition coefficient (Wildman–Crippen LogP) is 3.85. The zero-order valence-electron chi connectivity index (χ0n) is 8.72. The van der Waals surface area contributed by atoms with Crippen molar-refractivity contribution in [3.05, 3.63) is 47.5 Å². The number of fused-ring (bicyclic) bond motifs is 1. The Morgan fingerprint density at radius 1 is 1.12 bits per heavy atom. The second kappa shape index (κ2) is 3.79. The summed E-state index contributed by atoms with van der Waals surface area (Å²) < 4.78 is 5.29. The van der Waals surface area contributed by atoms with Crippen LogP contribution < -0.4 is 0 Å². The van der Waals surface area contributed by atoms with Crippen molar-refractivity contribution in [2.45, 2.75) is 0 Å². The molecule has 4 heteroatoms. The predicted molar refractivity (Wildman–Crippen MR) is 66.1 cm³/mol. The Hall–Kier alpha value is -2.00. The number of hydrogen-bond acceptors (Lipinski definition) is 3. The van der Waals surface area contributed by atoms with Gasteiger partial charge in [-0.05, 0) is 30.3 Å². The molecule has 1 N–H and O–H groups in total. The van der Waals surface area contributed by atoms with Crippen LogP contribution in [0.25, 0.3) is 22.2 Å². The summed E-state index contributed by atoms with van der Waals surface area (Å²) in [6, 6.07) is 12.3. The van der Waals surface area contributed by atoms with Crippen molar-refractivity contribution in [1.82, 2.24) is 5.16 Å². The molecule has 0 aliphatic rings. The number of hydrogen-bond donors (Lipinski definition) is 1. The maximum atomic E-state index is 9.49. The molecule has 17 heavy (non-hydrogen) atoms. The van der Waals surface area contributed by atoms with E-state index in [1.165, 1.54) is 0 Å². The maximum absolute atomic E-state index is 9.49. The molecule has 84 valence electrons. The van der Waals surface area contributed by atoms with Gasteiger partial charge in [-0.25, -0.2) is 0 Å². The average Bonchev–Trinajstić information content (AvgIpc) is 2.72. The van der Waals surface area contributed by atoms with Gasteiger partial charge in [-0.1, -0.05) is 28.9 Å². The van der Waals surface area contributed by atoms with Gasteiger partial charge in [0.2, 0.25) is 0 Å². The molecule has 3 rings (SSSR count).